The van der Waals surface area contributed by atoms with Crippen LogP contribution in [0.1, 0.15) is 24.0 Å². The van der Waals surface area contributed by atoms with Gasteiger partial charge in [0.25, 0.3) is 0 Å². The summed E-state index contributed by atoms with van der Waals surface area (Å²) >= 11 is 0. The van der Waals surface area contributed by atoms with E-state index in [1.54, 1.807) is 25.3 Å². The third kappa shape index (κ3) is 4.16. The van der Waals surface area contributed by atoms with Crippen molar-refractivity contribution in [1.29, 1.82) is 0 Å². The van der Waals surface area contributed by atoms with E-state index >= 15 is 0 Å². The number of hydrogen-bond donors (Lipinski definition) is 1. The number of nitrogens with zero attached hydrogens (tertiary/aromatic N) is 1. The zero-order chi connectivity index (χ0) is 15.2. The Hall–Kier alpha value is -1.17. The molecule has 4 nitrogen and oxygen atoms in total. The van der Waals surface area contributed by atoms with Gasteiger partial charge in [-0.2, -0.15) is 0 Å². The number of aryl methyl sites for hydroxylation is 1. The van der Waals surface area contributed by atoms with Crippen LogP contribution in [0.4, 0.5) is 0 Å². The minimum atomic E-state index is -3.41. The second-order valence-electron chi connectivity index (χ2n) is 4.88. The maximum absolute atomic E-state index is 12.5. The van der Waals surface area contributed by atoms with Gasteiger partial charge in [0.1, 0.15) is 0 Å². The molecule has 0 aromatic heterocycles. The Labute approximate surface area is 122 Å². The Balaban J connectivity index is 2.96. The molecule has 0 aliphatic rings. The molecule has 1 aromatic rings. The van der Waals surface area contributed by atoms with Gasteiger partial charge >= 0.3 is 0 Å². The van der Waals surface area contributed by atoms with Crippen molar-refractivity contribution >= 4 is 10.0 Å². The van der Waals surface area contributed by atoms with E-state index in [-0.39, 0.29) is 0 Å². The van der Waals surface area contributed by atoms with Gasteiger partial charge in [-0.3, -0.25) is 0 Å². The molecule has 1 rings (SSSR count). The third-order valence-corrected chi connectivity index (χ3v) is 5.13. The van der Waals surface area contributed by atoms with Crippen molar-refractivity contribution in [3.8, 4) is 0 Å². The van der Waals surface area contributed by atoms with Crippen LogP contribution in [0.2, 0.25) is 0 Å². The largest absolute Gasteiger partial charge is 0.316 e. The summed E-state index contributed by atoms with van der Waals surface area (Å²) in [6.07, 6.45) is 3.41. The van der Waals surface area contributed by atoms with Crippen molar-refractivity contribution in [2.24, 2.45) is 0 Å². The van der Waals surface area contributed by atoms with Crippen LogP contribution in [0, 0.1) is 6.92 Å². The molecule has 1 aromatic carbocycles. The first kappa shape index (κ1) is 16.9. The van der Waals surface area contributed by atoms with E-state index in [4.69, 9.17) is 0 Å². The SMILES string of the molecule is C=CCCCN(C)S(=O)(=O)c1ccc(C)c(CNC)c1. The van der Waals surface area contributed by atoms with Gasteiger partial charge in [-0.1, -0.05) is 12.1 Å². The maximum atomic E-state index is 12.5. The molecular formula is C15H24N2O2S. The van der Waals surface area contributed by atoms with Gasteiger partial charge in [0, 0.05) is 20.1 Å². The number of rotatable bonds is 8. The van der Waals surface area contributed by atoms with Crippen molar-refractivity contribution in [3.63, 3.8) is 0 Å². The van der Waals surface area contributed by atoms with Crippen molar-refractivity contribution in [2.75, 3.05) is 20.6 Å². The molecule has 0 aliphatic carbocycles. The fraction of sp³-hybridized carbons (Fsp3) is 0.467. The summed E-state index contributed by atoms with van der Waals surface area (Å²) < 4.78 is 26.4. The lowest BCUT2D eigenvalue weighted by Crippen LogP contribution is -2.28. The Morgan fingerprint density at radius 2 is 2.10 bits per heavy atom. The van der Waals surface area contributed by atoms with Gasteiger partial charge in [0.2, 0.25) is 10.0 Å². The molecule has 0 radical (unpaired) electrons. The predicted molar refractivity (Wildman–Crippen MR) is 83.2 cm³/mol. The summed E-state index contributed by atoms with van der Waals surface area (Å²) in [6.45, 7) is 6.79. The first-order valence-electron chi connectivity index (χ1n) is 6.75. The third-order valence-electron chi connectivity index (χ3n) is 3.28. The Morgan fingerprint density at radius 1 is 1.40 bits per heavy atom. The molecule has 0 heterocycles. The van der Waals surface area contributed by atoms with Gasteiger partial charge in [0.05, 0.1) is 4.90 Å². The highest BCUT2D eigenvalue weighted by Crippen LogP contribution is 2.19. The maximum Gasteiger partial charge on any atom is 0.242 e. The first-order valence-corrected chi connectivity index (χ1v) is 8.19. The monoisotopic (exact) mass is 296 g/mol. The van der Waals surface area contributed by atoms with Crippen LogP contribution in [0.25, 0.3) is 0 Å². The van der Waals surface area contributed by atoms with Gasteiger partial charge in [0.15, 0.2) is 0 Å². The number of sulfonamides is 1. The van der Waals surface area contributed by atoms with Gasteiger partial charge in [-0.05, 0) is 50.1 Å². The second kappa shape index (κ2) is 7.57. The smallest absolute Gasteiger partial charge is 0.242 e. The van der Waals surface area contributed by atoms with Crippen molar-refractivity contribution in [2.45, 2.75) is 31.2 Å². The molecular weight excluding hydrogens is 272 g/mol. The van der Waals surface area contributed by atoms with Crippen LogP contribution in [0.3, 0.4) is 0 Å². The molecule has 0 bridgehead atoms. The van der Waals surface area contributed by atoms with E-state index < -0.39 is 10.0 Å². The molecule has 0 unspecified atom stereocenters. The molecule has 0 saturated heterocycles. The van der Waals surface area contributed by atoms with Gasteiger partial charge in [-0.25, -0.2) is 12.7 Å². The van der Waals surface area contributed by atoms with E-state index in [1.165, 1.54) is 4.31 Å². The van der Waals surface area contributed by atoms with Crippen molar-refractivity contribution in [1.82, 2.24) is 9.62 Å². The molecule has 0 atom stereocenters. The summed E-state index contributed by atoms with van der Waals surface area (Å²) in [5, 5.41) is 3.06. The minimum Gasteiger partial charge on any atom is -0.316 e. The quantitative estimate of drug-likeness (QED) is 0.591. The van der Waals surface area contributed by atoms with E-state index in [1.807, 2.05) is 20.0 Å². The average Bonchev–Trinajstić information content (AvgIpc) is 2.41. The Bertz CT molecular complexity index is 553. The zero-order valence-corrected chi connectivity index (χ0v) is 13.3. The number of nitrogens with one attached hydrogen (secondary N) is 1. The summed E-state index contributed by atoms with van der Waals surface area (Å²) in [4.78, 5) is 0.356. The number of unbranched alkanes of at least 4 members (excludes halogenated alkanes) is 1. The lowest BCUT2D eigenvalue weighted by atomic mass is 10.1. The first-order chi connectivity index (χ1) is 9.43. The Morgan fingerprint density at radius 3 is 2.70 bits per heavy atom. The van der Waals surface area contributed by atoms with Gasteiger partial charge in [-0.15, -0.1) is 6.58 Å². The molecule has 0 spiro atoms. The lowest BCUT2D eigenvalue weighted by molar-refractivity contribution is 0.462. The molecule has 5 heteroatoms. The van der Waals surface area contributed by atoms with Crippen LogP contribution in [-0.2, 0) is 16.6 Å². The fourth-order valence-electron chi connectivity index (χ4n) is 1.95. The predicted octanol–water partition coefficient (Wildman–Crippen LogP) is 2.30. The van der Waals surface area contributed by atoms with Crippen LogP contribution >= 0.6 is 0 Å². The van der Waals surface area contributed by atoms with Crippen molar-refractivity contribution in [3.05, 3.63) is 42.0 Å². The fourth-order valence-corrected chi connectivity index (χ4v) is 3.21. The second-order valence-corrected chi connectivity index (χ2v) is 6.92. The van der Waals surface area contributed by atoms with E-state index in [9.17, 15) is 8.42 Å². The molecule has 20 heavy (non-hydrogen) atoms. The number of benzene rings is 1. The lowest BCUT2D eigenvalue weighted by Gasteiger charge is -2.18. The number of allylic oxidation sites excluding steroid dienone is 1. The van der Waals surface area contributed by atoms with Crippen LogP contribution < -0.4 is 5.32 Å². The molecule has 112 valence electrons. The summed E-state index contributed by atoms with van der Waals surface area (Å²) in [6, 6.07) is 5.29. The highest BCUT2D eigenvalue weighted by Gasteiger charge is 2.20. The molecule has 0 fully saturated rings. The van der Waals surface area contributed by atoms with E-state index in [2.05, 4.69) is 11.9 Å². The minimum absolute atomic E-state index is 0.356. The Kier molecular flexibility index (Phi) is 6.39. The molecule has 1 N–H and O–H groups in total. The summed E-state index contributed by atoms with van der Waals surface area (Å²) in [7, 11) is 0.0645. The van der Waals surface area contributed by atoms with E-state index in [0.717, 1.165) is 24.0 Å². The highest BCUT2D eigenvalue weighted by molar-refractivity contribution is 7.89. The highest BCUT2D eigenvalue weighted by atomic mass is 32.2. The number of hydrogen-bond acceptors (Lipinski definition) is 3. The standard InChI is InChI=1S/C15H24N2O2S/c1-5-6-7-10-17(4)20(18,19)15-9-8-13(2)14(11-15)12-16-3/h5,8-9,11,16H,1,6-7,10,12H2,2-4H3. The summed E-state index contributed by atoms with van der Waals surface area (Å²) in [5.74, 6) is 0. The topological polar surface area (TPSA) is 49.4 Å². The van der Waals surface area contributed by atoms with Crippen LogP contribution in [0.15, 0.2) is 35.7 Å². The normalized spacial score (nSPS) is 11.8. The van der Waals surface area contributed by atoms with Crippen LogP contribution in [0.5, 0.6) is 0 Å². The zero-order valence-electron chi connectivity index (χ0n) is 12.5. The van der Waals surface area contributed by atoms with Gasteiger partial charge < -0.3 is 5.32 Å². The van der Waals surface area contributed by atoms with Crippen molar-refractivity contribution < 1.29 is 8.42 Å². The molecule has 0 amide bonds. The van der Waals surface area contributed by atoms with Crippen LogP contribution in [-0.4, -0.2) is 33.4 Å². The molecule has 0 aliphatic heterocycles. The summed E-state index contributed by atoms with van der Waals surface area (Å²) in [5.41, 5.74) is 2.10. The molecule has 0 saturated carbocycles. The van der Waals surface area contributed by atoms with E-state index in [0.29, 0.717) is 18.0 Å². The average molecular weight is 296 g/mol.